The van der Waals surface area contributed by atoms with Crippen LogP contribution in [0.3, 0.4) is 0 Å². The molecule has 1 atom stereocenters. The summed E-state index contributed by atoms with van der Waals surface area (Å²) in [6.45, 7) is 1.30. The van der Waals surface area contributed by atoms with Gasteiger partial charge in [-0.2, -0.15) is 0 Å². The summed E-state index contributed by atoms with van der Waals surface area (Å²) in [6, 6.07) is 6.35. The summed E-state index contributed by atoms with van der Waals surface area (Å²) in [5.41, 5.74) is 11.5. The molecule has 0 bridgehead atoms. The van der Waals surface area contributed by atoms with Crippen molar-refractivity contribution in [2.24, 2.45) is 5.73 Å². The van der Waals surface area contributed by atoms with Gasteiger partial charge in [-0.25, -0.2) is 0 Å². The normalized spacial score (nSPS) is 17.9. The molecule has 0 fully saturated rings. The topological polar surface area (TPSA) is 48.1 Å². The highest BCUT2D eigenvalue weighted by atomic mass is 35.5. The standard InChI is InChI=1S/C13H14N2OS.ClH/c14-6-12-10-2-1-3-11(9(10)4-5-16-12)13-7-15-8-17-13;/h1-3,7-8,12H,4-6,14H2;1H/t12-;/m1./s1. The van der Waals surface area contributed by atoms with Gasteiger partial charge in [0.15, 0.2) is 0 Å². The molecule has 0 aliphatic carbocycles. The molecule has 1 aliphatic heterocycles. The number of nitrogens with two attached hydrogens (primary N) is 1. The Morgan fingerprint density at radius 1 is 1.44 bits per heavy atom. The molecule has 0 saturated heterocycles. The number of benzene rings is 1. The summed E-state index contributed by atoms with van der Waals surface area (Å²) in [7, 11) is 0. The first-order valence-corrected chi connectivity index (χ1v) is 6.60. The van der Waals surface area contributed by atoms with E-state index >= 15 is 0 Å². The number of fused-ring (bicyclic) bond motifs is 1. The Morgan fingerprint density at radius 2 is 2.33 bits per heavy atom. The highest BCUT2D eigenvalue weighted by Gasteiger charge is 2.22. The van der Waals surface area contributed by atoms with Crippen molar-refractivity contribution in [3.63, 3.8) is 0 Å². The number of aromatic nitrogens is 1. The van der Waals surface area contributed by atoms with E-state index in [0.29, 0.717) is 6.54 Å². The van der Waals surface area contributed by atoms with Crippen molar-refractivity contribution >= 4 is 23.7 Å². The summed E-state index contributed by atoms with van der Waals surface area (Å²) in [6.07, 6.45) is 2.93. The molecular weight excluding hydrogens is 268 g/mol. The molecule has 18 heavy (non-hydrogen) atoms. The van der Waals surface area contributed by atoms with E-state index in [9.17, 15) is 0 Å². The van der Waals surface area contributed by atoms with E-state index in [1.165, 1.54) is 21.6 Å². The molecule has 1 aromatic heterocycles. The van der Waals surface area contributed by atoms with Crippen LogP contribution in [0.5, 0.6) is 0 Å². The lowest BCUT2D eigenvalue weighted by atomic mass is 9.92. The molecular formula is C13H15ClN2OS. The summed E-state index contributed by atoms with van der Waals surface area (Å²) in [5, 5.41) is 0. The van der Waals surface area contributed by atoms with Crippen molar-refractivity contribution in [2.45, 2.75) is 12.5 Å². The Kier molecular flexibility index (Phi) is 4.35. The third-order valence-electron chi connectivity index (χ3n) is 3.14. The Bertz CT molecular complexity index is 516. The van der Waals surface area contributed by atoms with Crippen LogP contribution in [0.15, 0.2) is 29.9 Å². The molecule has 1 aromatic carbocycles. The number of hydrogen-bond acceptors (Lipinski definition) is 4. The van der Waals surface area contributed by atoms with Crippen LogP contribution >= 0.6 is 23.7 Å². The van der Waals surface area contributed by atoms with E-state index in [1.54, 1.807) is 11.3 Å². The Balaban J connectivity index is 0.00000120. The van der Waals surface area contributed by atoms with Crippen molar-refractivity contribution in [1.82, 2.24) is 4.98 Å². The maximum atomic E-state index is 5.75. The minimum atomic E-state index is 0. The van der Waals surface area contributed by atoms with Crippen molar-refractivity contribution in [1.29, 1.82) is 0 Å². The van der Waals surface area contributed by atoms with E-state index in [0.717, 1.165) is 13.0 Å². The van der Waals surface area contributed by atoms with E-state index in [2.05, 4.69) is 23.2 Å². The summed E-state index contributed by atoms with van der Waals surface area (Å²) >= 11 is 1.67. The zero-order valence-corrected chi connectivity index (χ0v) is 11.5. The molecule has 3 rings (SSSR count). The van der Waals surface area contributed by atoms with Crippen LogP contribution in [0.2, 0.25) is 0 Å². The van der Waals surface area contributed by atoms with Gasteiger partial charge in [-0.15, -0.1) is 23.7 Å². The van der Waals surface area contributed by atoms with E-state index in [-0.39, 0.29) is 18.5 Å². The Labute approximate surface area is 116 Å². The molecule has 3 nitrogen and oxygen atoms in total. The van der Waals surface area contributed by atoms with Crippen molar-refractivity contribution in [3.05, 3.63) is 41.0 Å². The molecule has 96 valence electrons. The number of rotatable bonds is 2. The van der Waals surface area contributed by atoms with Crippen molar-refractivity contribution in [3.8, 4) is 10.4 Å². The first-order valence-electron chi connectivity index (χ1n) is 5.72. The fourth-order valence-corrected chi connectivity index (χ4v) is 3.03. The van der Waals surface area contributed by atoms with Gasteiger partial charge in [-0.05, 0) is 23.1 Å². The first-order chi connectivity index (χ1) is 8.40. The monoisotopic (exact) mass is 282 g/mol. The first kappa shape index (κ1) is 13.5. The lowest BCUT2D eigenvalue weighted by Gasteiger charge is -2.26. The average molecular weight is 283 g/mol. The number of nitrogens with zero attached hydrogens (tertiary/aromatic N) is 1. The van der Waals surface area contributed by atoms with Gasteiger partial charge >= 0.3 is 0 Å². The third-order valence-corrected chi connectivity index (χ3v) is 3.95. The van der Waals surface area contributed by atoms with Gasteiger partial charge in [0.25, 0.3) is 0 Å². The van der Waals surface area contributed by atoms with Gasteiger partial charge < -0.3 is 10.5 Å². The fourth-order valence-electron chi connectivity index (χ4n) is 2.35. The van der Waals surface area contributed by atoms with Crippen LogP contribution in [0.4, 0.5) is 0 Å². The molecule has 2 heterocycles. The summed E-state index contributed by atoms with van der Waals surface area (Å²) in [4.78, 5) is 5.37. The zero-order valence-electron chi connectivity index (χ0n) is 9.83. The van der Waals surface area contributed by atoms with Gasteiger partial charge in [0.1, 0.15) is 0 Å². The van der Waals surface area contributed by atoms with Crippen LogP contribution in [-0.2, 0) is 11.2 Å². The van der Waals surface area contributed by atoms with Gasteiger partial charge in [0.2, 0.25) is 0 Å². The van der Waals surface area contributed by atoms with Crippen molar-refractivity contribution < 1.29 is 4.74 Å². The van der Waals surface area contributed by atoms with Crippen LogP contribution in [0.25, 0.3) is 10.4 Å². The zero-order chi connectivity index (χ0) is 11.7. The minimum Gasteiger partial charge on any atom is -0.372 e. The molecule has 0 amide bonds. The second-order valence-electron chi connectivity index (χ2n) is 4.08. The predicted molar refractivity (Wildman–Crippen MR) is 76.2 cm³/mol. The largest absolute Gasteiger partial charge is 0.372 e. The Hall–Kier alpha value is -0.940. The van der Waals surface area contributed by atoms with E-state index in [4.69, 9.17) is 10.5 Å². The molecule has 2 N–H and O–H groups in total. The maximum Gasteiger partial charge on any atom is 0.0950 e. The van der Waals surface area contributed by atoms with Gasteiger partial charge in [-0.3, -0.25) is 4.98 Å². The van der Waals surface area contributed by atoms with E-state index < -0.39 is 0 Å². The summed E-state index contributed by atoms with van der Waals surface area (Å²) < 4.78 is 5.69. The van der Waals surface area contributed by atoms with Gasteiger partial charge in [-0.1, -0.05) is 18.2 Å². The number of hydrogen-bond donors (Lipinski definition) is 1. The molecule has 5 heteroatoms. The summed E-state index contributed by atoms with van der Waals surface area (Å²) in [5.74, 6) is 0. The highest BCUT2D eigenvalue weighted by molar-refractivity contribution is 7.13. The molecule has 0 saturated carbocycles. The molecule has 2 aromatic rings. The fraction of sp³-hybridized carbons (Fsp3) is 0.308. The number of ether oxygens (including phenoxy) is 1. The van der Waals surface area contributed by atoms with E-state index in [1.807, 2.05) is 11.7 Å². The quantitative estimate of drug-likeness (QED) is 0.921. The van der Waals surface area contributed by atoms with Crippen LogP contribution in [0, 0.1) is 0 Å². The van der Waals surface area contributed by atoms with Crippen LogP contribution in [0.1, 0.15) is 17.2 Å². The highest BCUT2D eigenvalue weighted by Crippen LogP contribution is 2.35. The second kappa shape index (κ2) is 5.80. The van der Waals surface area contributed by atoms with Crippen molar-refractivity contribution in [2.75, 3.05) is 13.2 Å². The maximum absolute atomic E-state index is 5.75. The average Bonchev–Trinajstić information content (AvgIpc) is 2.91. The van der Waals surface area contributed by atoms with Gasteiger partial charge in [0, 0.05) is 12.7 Å². The van der Waals surface area contributed by atoms with Crippen LogP contribution < -0.4 is 5.73 Å². The van der Waals surface area contributed by atoms with Crippen LogP contribution in [-0.4, -0.2) is 18.1 Å². The number of halogens is 1. The lowest BCUT2D eigenvalue weighted by Crippen LogP contribution is -2.23. The third kappa shape index (κ3) is 2.29. The SMILES string of the molecule is Cl.NC[C@H]1OCCc2c(-c3cncs3)cccc21. The predicted octanol–water partition coefficient (Wildman–Crippen LogP) is 2.80. The second-order valence-corrected chi connectivity index (χ2v) is 4.97. The molecule has 0 radical (unpaired) electrons. The lowest BCUT2D eigenvalue weighted by molar-refractivity contribution is 0.0487. The minimum absolute atomic E-state index is 0. The smallest absolute Gasteiger partial charge is 0.0950 e. The van der Waals surface area contributed by atoms with Gasteiger partial charge in [0.05, 0.1) is 23.1 Å². The Morgan fingerprint density at radius 3 is 3.06 bits per heavy atom. The molecule has 0 unspecified atom stereocenters. The molecule has 0 spiro atoms. The molecule has 1 aliphatic rings. The number of thiazole rings is 1.